The van der Waals surface area contributed by atoms with Crippen molar-refractivity contribution in [2.45, 2.75) is 39.0 Å². The molecule has 0 aliphatic carbocycles. The van der Waals surface area contributed by atoms with Gasteiger partial charge in [0.1, 0.15) is 0 Å². The molecule has 0 aliphatic rings. The number of hydrogen-bond acceptors (Lipinski definition) is 3. The Hall–Kier alpha value is -1.38. The van der Waals surface area contributed by atoms with Gasteiger partial charge < -0.3 is 0 Å². The molecule has 0 aromatic heterocycles. The smallest absolute Gasteiger partial charge is 0.211 e. The predicted molar refractivity (Wildman–Crippen MR) is 75.2 cm³/mol. The van der Waals surface area contributed by atoms with Crippen LogP contribution in [0, 0.1) is 23.7 Å². The highest BCUT2D eigenvalue weighted by Gasteiger charge is 2.22. The quantitative estimate of drug-likeness (QED) is 0.901. The fraction of sp³-hybridized carbons (Fsp3) is 0.500. The van der Waals surface area contributed by atoms with Crippen LogP contribution in [0.15, 0.2) is 23.1 Å². The lowest BCUT2D eigenvalue weighted by Crippen LogP contribution is -2.34. The Kier molecular flexibility index (Phi) is 4.72. The molecular formula is C14H20N2O2S. The molecule has 1 aromatic rings. The summed E-state index contributed by atoms with van der Waals surface area (Å²) < 4.78 is 27.1. The van der Waals surface area contributed by atoms with Crippen LogP contribution in [0.25, 0.3) is 0 Å². The van der Waals surface area contributed by atoms with Crippen molar-refractivity contribution >= 4 is 10.0 Å². The number of hydrogen-bond donors (Lipinski definition) is 1. The maximum Gasteiger partial charge on any atom is 0.240 e. The maximum atomic E-state index is 12.3. The van der Waals surface area contributed by atoms with E-state index in [0.717, 1.165) is 6.42 Å². The van der Waals surface area contributed by atoms with Crippen molar-refractivity contribution in [1.29, 1.82) is 5.26 Å². The van der Waals surface area contributed by atoms with Gasteiger partial charge in [0.05, 0.1) is 16.5 Å². The average Bonchev–Trinajstić information content (AvgIpc) is 2.37. The zero-order valence-corrected chi connectivity index (χ0v) is 12.6. The molecule has 0 unspecified atom stereocenters. The van der Waals surface area contributed by atoms with Gasteiger partial charge >= 0.3 is 0 Å². The molecular weight excluding hydrogens is 260 g/mol. The van der Waals surface area contributed by atoms with Crippen molar-refractivity contribution in [1.82, 2.24) is 4.72 Å². The summed E-state index contributed by atoms with van der Waals surface area (Å²) >= 11 is 0. The normalized spacial score (nSPS) is 12.2. The summed E-state index contributed by atoms with van der Waals surface area (Å²) in [5.41, 5.74) is 0.898. The number of nitrogens with one attached hydrogen (secondary N) is 1. The van der Waals surface area contributed by atoms with Gasteiger partial charge in [-0.15, -0.1) is 0 Å². The molecule has 0 radical (unpaired) electrons. The van der Waals surface area contributed by atoms with Crippen molar-refractivity contribution < 1.29 is 8.42 Å². The van der Waals surface area contributed by atoms with E-state index in [1.807, 2.05) is 26.8 Å². The molecule has 4 nitrogen and oxygen atoms in total. The van der Waals surface area contributed by atoms with Crippen molar-refractivity contribution in [3.8, 4) is 6.07 Å². The van der Waals surface area contributed by atoms with Crippen LogP contribution in [0.4, 0.5) is 0 Å². The summed E-state index contributed by atoms with van der Waals surface area (Å²) in [5, 5.41) is 8.85. The third-order valence-corrected chi connectivity index (χ3v) is 4.85. The first-order valence-corrected chi connectivity index (χ1v) is 7.70. The van der Waals surface area contributed by atoms with Crippen molar-refractivity contribution in [3.63, 3.8) is 0 Å². The number of sulfonamides is 1. The third kappa shape index (κ3) is 4.05. The van der Waals surface area contributed by atoms with Crippen LogP contribution in [-0.4, -0.2) is 15.0 Å². The standard InChI is InChI=1S/C14H20N2O2S/c1-5-14(3,4)10-16-19(17,18)13-8-12(9-15)7-6-11(13)2/h6-8,16H,5,10H2,1-4H3. The van der Waals surface area contributed by atoms with Gasteiger partial charge in [-0.1, -0.05) is 26.8 Å². The fourth-order valence-corrected chi connectivity index (χ4v) is 2.96. The number of rotatable bonds is 5. The summed E-state index contributed by atoms with van der Waals surface area (Å²) in [7, 11) is -3.57. The van der Waals surface area contributed by atoms with Gasteiger partial charge in [0.25, 0.3) is 0 Å². The van der Waals surface area contributed by atoms with Gasteiger partial charge in [-0.3, -0.25) is 0 Å². The first kappa shape index (κ1) is 15.7. The molecule has 19 heavy (non-hydrogen) atoms. The second kappa shape index (κ2) is 5.72. The number of aryl methyl sites for hydroxylation is 1. The van der Waals surface area contributed by atoms with Crippen LogP contribution in [0.3, 0.4) is 0 Å². The molecule has 1 aromatic carbocycles. The second-order valence-corrected chi connectivity index (χ2v) is 7.17. The summed E-state index contributed by atoms with van der Waals surface area (Å²) in [4.78, 5) is 0.179. The maximum absolute atomic E-state index is 12.3. The molecule has 0 saturated heterocycles. The van der Waals surface area contributed by atoms with Crippen LogP contribution in [0.5, 0.6) is 0 Å². The first-order chi connectivity index (χ1) is 8.72. The SMILES string of the molecule is CCC(C)(C)CNS(=O)(=O)c1cc(C#N)ccc1C. The van der Waals surface area contributed by atoms with E-state index in [4.69, 9.17) is 5.26 Å². The molecule has 1 N–H and O–H groups in total. The second-order valence-electron chi connectivity index (χ2n) is 5.43. The lowest BCUT2D eigenvalue weighted by atomic mass is 9.91. The van der Waals surface area contributed by atoms with Crippen LogP contribution in [0.1, 0.15) is 38.3 Å². The Morgan fingerprint density at radius 3 is 2.53 bits per heavy atom. The minimum absolute atomic E-state index is 0.0895. The summed E-state index contributed by atoms with van der Waals surface area (Å²) in [6.07, 6.45) is 0.882. The van der Waals surface area contributed by atoms with Gasteiger partial charge in [0, 0.05) is 6.54 Å². The van der Waals surface area contributed by atoms with Gasteiger partial charge in [-0.25, -0.2) is 13.1 Å². The van der Waals surface area contributed by atoms with Crippen LogP contribution in [0.2, 0.25) is 0 Å². The Morgan fingerprint density at radius 2 is 2.00 bits per heavy atom. The van der Waals surface area contributed by atoms with Gasteiger partial charge in [0.2, 0.25) is 10.0 Å². The Labute approximate surface area is 115 Å². The molecule has 1 rings (SSSR count). The number of benzene rings is 1. The highest BCUT2D eigenvalue weighted by Crippen LogP contribution is 2.21. The van der Waals surface area contributed by atoms with E-state index in [9.17, 15) is 8.42 Å². The Morgan fingerprint density at radius 1 is 1.37 bits per heavy atom. The minimum atomic E-state index is -3.57. The largest absolute Gasteiger partial charge is 0.240 e. The van der Waals surface area contributed by atoms with E-state index in [1.54, 1.807) is 19.1 Å². The van der Waals surface area contributed by atoms with Gasteiger partial charge in [0.15, 0.2) is 0 Å². The lowest BCUT2D eigenvalue weighted by Gasteiger charge is -2.23. The van der Waals surface area contributed by atoms with Crippen molar-refractivity contribution in [2.24, 2.45) is 5.41 Å². The molecule has 0 atom stereocenters. The molecule has 0 amide bonds. The van der Waals surface area contributed by atoms with Crippen LogP contribution >= 0.6 is 0 Å². The fourth-order valence-electron chi connectivity index (χ4n) is 1.45. The van der Waals surface area contributed by atoms with E-state index in [1.165, 1.54) is 6.07 Å². The van der Waals surface area contributed by atoms with E-state index >= 15 is 0 Å². The number of nitrogens with zero attached hydrogens (tertiary/aromatic N) is 1. The van der Waals surface area contributed by atoms with Crippen LogP contribution < -0.4 is 4.72 Å². The molecule has 5 heteroatoms. The zero-order valence-electron chi connectivity index (χ0n) is 11.8. The predicted octanol–water partition coefficient (Wildman–Crippen LogP) is 2.58. The zero-order chi connectivity index (χ0) is 14.7. The highest BCUT2D eigenvalue weighted by molar-refractivity contribution is 7.89. The lowest BCUT2D eigenvalue weighted by molar-refractivity contribution is 0.350. The molecule has 104 valence electrons. The monoisotopic (exact) mass is 280 g/mol. The molecule has 0 aliphatic heterocycles. The number of nitriles is 1. The molecule has 0 spiro atoms. The van der Waals surface area contributed by atoms with E-state index in [-0.39, 0.29) is 10.3 Å². The first-order valence-electron chi connectivity index (χ1n) is 6.22. The van der Waals surface area contributed by atoms with E-state index < -0.39 is 10.0 Å². The molecule has 0 bridgehead atoms. The Balaban J connectivity index is 3.05. The summed E-state index contributed by atoms with van der Waals surface area (Å²) in [5.74, 6) is 0. The molecule has 0 fully saturated rings. The average molecular weight is 280 g/mol. The highest BCUT2D eigenvalue weighted by atomic mass is 32.2. The van der Waals surface area contributed by atoms with Gasteiger partial charge in [-0.05, 0) is 36.5 Å². The summed E-state index contributed by atoms with van der Waals surface area (Å²) in [6.45, 7) is 8.14. The third-order valence-electron chi connectivity index (χ3n) is 3.30. The van der Waals surface area contributed by atoms with Gasteiger partial charge in [-0.2, -0.15) is 5.26 Å². The van der Waals surface area contributed by atoms with E-state index in [0.29, 0.717) is 17.7 Å². The minimum Gasteiger partial charge on any atom is -0.211 e. The summed E-state index contributed by atoms with van der Waals surface area (Å²) in [6, 6.07) is 6.64. The van der Waals surface area contributed by atoms with Crippen molar-refractivity contribution in [2.75, 3.05) is 6.54 Å². The topological polar surface area (TPSA) is 70.0 Å². The van der Waals surface area contributed by atoms with Crippen molar-refractivity contribution in [3.05, 3.63) is 29.3 Å². The Bertz CT molecular complexity index is 598. The van der Waals surface area contributed by atoms with E-state index in [2.05, 4.69) is 4.72 Å². The van der Waals surface area contributed by atoms with Crippen LogP contribution in [-0.2, 0) is 10.0 Å². The molecule has 0 saturated carbocycles. The molecule has 0 heterocycles.